The first-order valence-electron chi connectivity index (χ1n) is 5.57. The fourth-order valence-electron chi connectivity index (χ4n) is 1.48. The van der Waals surface area contributed by atoms with Gasteiger partial charge in [-0.05, 0) is 11.4 Å². The van der Waals surface area contributed by atoms with Gasteiger partial charge >= 0.3 is 5.97 Å². The van der Waals surface area contributed by atoms with Gasteiger partial charge in [-0.25, -0.2) is 4.79 Å². The quantitative estimate of drug-likeness (QED) is 0.848. The van der Waals surface area contributed by atoms with E-state index >= 15 is 0 Å². The number of anilines is 1. The third-order valence-corrected chi connectivity index (χ3v) is 3.26. The molecule has 2 aromatic heterocycles. The van der Waals surface area contributed by atoms with Crippen LogP contribution in [0.1, 0.15) is 25.9 Å². The summed E-state index contributed by atoms with van der Waals surface area (Å²) in [4.78, 5) is 23.8. The average Bonchev–Trinajstić information content (AvgIpc) is 3.07. The number of esters is 1. The van der Waals surface area contributed by atoms with E-state index in [4.69, 9.17) is 9.26 Å². The Labute approximate surface area is 118 Å². The molecule has 0 aliphatic heterocycles. The van der Waals surface area contributed by atoms with Crippen LogP contribution in [-0.2, 0) is 16.1 Å². The van der Waals surface area contributed by atoms with Crippen LogP contribution in [0.2, 0.25) is 0 Å². The lowest BCUT2D eigenvalue weighted by Gasteiger charge is -2.02. The molecule has 1 amide bonds. The van der Waals surface area contributed by atoms with Crippen LogP contribution in [0.5, 0.6) is 0 Å². The summed E-state index contributed by atoms with van der Waals surface area (Å²) in [6.07, 6.45) is 0. The molecule has 2 heterocycles. The molecule has 0 radical (unpaired) electrons. The maximum atomic E-state index is 12.0. The zero-order valence-electron chi connectivity index (χ0n) is 10.8. The second-order valence-corrected chi connectivity index (χ2v) is 4.64. The number of thiophene rings is 1. The maximum absolute atomic E-state index is 12.0. The minimum absolute atomic E-state index is 0.110. The highest BCUT2D eigenvalue weighted by Gasteiger charge is 2.18. The summed E-state index contributed by atoms with van der Waals surface area (Å²) >= 11 is 1.18. The SMILES string of the molecule is COCc1cc(C(=O)Nc2ccsc2C(=O)OC)no1. The molecule has 8 heteroatoms. The first-order valence-corrected chi connectivity index (χ1v) is 6.45. The number of nitrogens with one attached hydrogen (secondary N) is 1. The molecule has 0 aliphatic rings. The summed E-state index contributed by atoms with van der Waals surface area (Å²) in [7, 11) is 2.79. The molecule has 0 unspecified atom stereocenters. The highest BCUT2D eigenvalue weighted by Crippen LogP contribution is 2.23. The highest BCUT2D eigenvalue weighted by molar-refractivity contribution is 7.12. The Bertz CT molecular complexity index is 619. The first-order chi connectivity index (χ1) is 9.65. The van der Waals surface area contributed by atoms with Gasteiger partial charge in [0.25, 0.3) is 5.91 Å². The highest BCUT2D eigenvalue weighted by atomic mass is 32.1. The second-order valence-electron chi connectivity index (χ2n) is 3.72. The van der Waals surface area contributed by atoms with Gasteiger partial charge < -0.3 is 19.3 Å². The monoisotopic (exact) mass is 296 g/mol. The molecule has 0 atom stereocenters. The van der Waals surface area contributed by atoms with E-state index in [9.17, 15) is 9.59 Å². The lowest BCUT2D eigenvalue weighted by atomic mass is 10.3. The number of aromatic nitrogens is 1. The molecular weight excluding hydrogens is 284 g/mol. The molecule has 0 saturated carbocycles. The maximum Gasteiger partial charge on any atom is 0.350 e. The lowest BCUT2D eigenvalue weighted by molar-refractivity contribution is 0.0607. The Balaban J connectivity index is 2.11. The van der Waals surface area contributed by atoms with Crippen molar-refractivity contribution in [1.29, 1.82) is 0 Å². The van der Waals surface area contributed by atoms with E-state index in [1.165, 1.54) is 31.6 Å². The fraction of sp³-hybridized carbons (Fsp3) is 0.250. The van der Waals surface area contributed by atoms with Crippen LogP contribution in [-0.4, -0.2) is 31.3 Å². The van der Waals surface area contributed by atoms with E-state index in [-0.39, 0.29) is 12.3 Å². The number of nitrogens with zero attached hydrogens (tertiary/aromatic N) is 1. The molecule has 7 nitrogen and oxygen atoms in total. The van der Waals surface area contributed by atoms with Crippen LogP contribution < -0.4 is 5.32 Å². The van der Waals surface area contributed by atoms with Gasteiger partial charge in [-0.2, -0.15) is 0 Å². The molecule has 1 N–H and O–H groups in total. The van der Waals surface area contributed by atoms with Crippen molar-refractivity contribution in [3.63, 3.8) is 0 Å². The van der Waals surface area contributed by atoms with Crippen molar-refractivity contribution in [3.8, 4) is 0 Å². The van der Waals surface area contributed by atoms with Crippen molar-refractivity contribution in [2.75, 3.05) is 19.5 Å². The molecule has 0 saturated heterocycles. The van der Waals surface area contributed by atoms with E-state index in [0.29, 0.717) is 16.3 Å². The predicted molar refractivity (Wildman–Crippen MR) is 70.8 cm³/mol. The number of carbonyl (C=O) groups is 2. The number of hydrogen-bond acceptors (Lipinski definition) is 7. The third-order valence-electron chi connectivity index (χ3n) is 2.36. The van der Waals surface area contributed by atoms with E-state index in [2.05, 4.69) is 15.2 Å². The number of hydrogen-bond donors (Lipinski definition) is 1. The van der Waals surface area contributed by atoms with Gasteiger partial charge in [-0.15, -0.1) is 11.3 Å². The van der Waals surface area contributed by atoms with Crippen molar-refractivity contribution in [2.24, 2.45) is 0 Å². The minimum atomic E-state index is -0.504. The van der Waals surface area contributed by atoms with E-state index in [1.807, 2.05) is 0 Å². The summed E-state index contributed by atoms with van der Waals surface area (Å²) < 4.78 is 14.4. The molecule has 0 bridgehead atoms. The van der Waals surface area contributed by atoms with Gasteiger partial charge in [-0.1, -0.05) is 5.16 Å². The molecule has 0 fully saturated rings. The summed E-state index contributed by atoms with van der Waals surface area (Å²) in [5.74, 6) is -0.536. The van der Waals surface area contributed by atoms with Gasteiger partial charge in [0.05, 0.1) is 12.8 Å². The molecule has 20 heavy (non-hydrogen) atoms. The summed E-state index contributed by atoms with van der Waals surface area (Å²) in [6.45, 7) is 0.228. The van der Waals surface area contributed by atoms with E-state index < -0.39 is 11.9 Å². The largest absolute Gasteiger partial charge is 0.465 e. The van der Waals surface area contributed by atoms with Gasteiger partial charge in [0.1, 0.15) is 11.5 Å². The lowest BCUT2D eigenvalue weighted by Crippen LogP contribution is -2.14. The molecular formula is C12H12N2O5S. The van der Waals surface area contributed by atoms with E-state index in [1.54, 1.807) is 11.4 Å². The van der Waals surface area contributed by atoms with Crippen LogP contribution in [0.3, 0.4) is 0 Å². The van der Waals surface area contributed by atoms with Crippen LogP contribution in [0.4, 0.5) is 5.69 Å². The van der Waals surface area contributed by atoms with Crippen LogP contribution in [0, 0.1) is 0 Å². The van der Waals surface area contributed by atoms with Crippen molar-refractivity contribution >= 4 is 28.9 Å². The van der Waals surface area contributed by atoms with Crippen molar-refractivity contribution < 1.29 is 23.6 Å². The molecule has 2 rings (SSSR count). The molecule has 0 aliphatic carbocycles. The zero-order chi connectivity index (χ0) is 14.5. The smallest absolute Gasteiger partial charge is 0.350 e. The third kappa shape index (κ3) is 3.03. The fourth-order valence-corrected chi connectivity index (χ4v) is 2.24. The summed E-state index contributed by atoms with van der Waals surface area (Å²) in [5, 5.41) is 7.90. The second kappa shape index (κ2) is 6.31. The number of carbonyl (C=O) groups excluding carboxylic acids is 2. The zero-order valence-corrected chi connectivity index (χ0v) is 11.7. The van der Waals surface area contributed by atoms with Crippen molar-refractivity contribution in [3.05, 3.63) is 33.8 Å². The predicted octanol–water partition coefficient (Wildman–Crippen LogP) is 1.92. The topological polar surface area (TPSA) is 90.7 Å². The molecule has 2 aromatic rings. The van der Waals surface area contributed by atoms with Crippen LogP contribution in [0.25, 0.3) is 0 Å². The normalized spacial score (nSPS) is 10.3. The molecule has 106 valence electrons. The van der Waals surface area contributed by atoms with Crippen molar-refractivity contribution in [1.82, 2.24) is 5.16 Å². The van der Waals surface area contributed by atoms with Gasteiger partial charge in [-0.3, -0.25) is 4.79 Å². The standard InChI is InChI=1S/C12H12N2O5S/c1-17-6-7-5-9(14-19-7)11(15)13-8-3-4-20-10(8)12(16)18-2/h3-5H,6H2,1-2H3,(H,13,15). The molecule has 0 aromatic carbocycles. The van der Waals surface area contributed by atoms with Gasteiger partial charge in [0, 0.05) is 13.2 Å². The van der Waals surface area contributed by atoms with Crippen molar-refractivity contribution in [2.45, 2.75) is 6.61 Å². The van der Waals surface area contributed by atoms with Crippen LogP contribution >= 0.6 is 11.3 Å². The number of methoxy groups -OCH3 is 2. The van der Waals surface area contributed by atoms with Gasteiger partial charge in [0.2, 0.25) is 0 Å². The first kappa shape index (κ1) is 14.2. The Hall–Kier alpha value is -2.19. The molecule has 0 spiro atoms. The number of ether oxygens (including phenoxy) is 2. The van der Waals surface area contributed by atoms with E-state index in [0.717, 1.165) is 0 Å². The number of rotatable bonds is 5. The Kier molecular flexibility index (Phi) is 4.49. The Morgan fingerprint density at radius 1 is 1.45 bits per heavy atom. The van der Waals surface area contributed by atoms with Crippen LogP contribution in [0.15, 0.2) is 22.0 Å². The minimum Gasteiger partial charge on any atom is -0.465 e. The summed E-state index contributed by atoms with van der Waals surface area (Å²) in [6, 6.07) is 3.09. The Morgan fingerprint density at radius 3 is 2.95 bits per heavy atom. The summed E-state index contributed by atoms with van der Waals surface area (Å²) in [5.41, 5.74) is 0.488. The Morgan fingerprint density at radius 2 is 2.25 bits per heavy atom. The number of amides is 1. The average molecular weight is 296 g/mol. The van der Waals surface area contributed by atoms with Gasteiger partial charge in [0.15, 0.2) is 11.5 Å².